The van der Waals surface area contributed by atoms with E-state index in [4.69, 9.17) is 0 Å². The van der Waals surface area contributed by atoms with Gasteiger partial charge in [0.1, 0.15) is 12.6 Å². The fourth-order valence-corrected chi connectivity index (χ4v) is 9.02. The Hall–Kier alpha value is -1.08. The molecule has 0 saturated heterocycles. The first-order chi connectivity index (χ1) is 17.5. The summed E-state index contributed by atoms with van der Waals surface area (Å²) in [4.78, 5) is 22.1. The molecule has 0 unspecified atom stereocenters. The van der Waals surface area contributed by atoms with Crippen LogP contribution in [-0.4, -0.2) is 24.9 Å². The summed E-state index contributed by atoms with van der Waals surface area (Å²) >= 11 is 0. The van der Waals surface area contributed by atoms with E-state index in [1.54, 1.807) is 0 Å². The number of halogens is 6. The second-order valence-electron chi connectivity index (χ2n) is 12.7. The summed E-state index contributed by atoms with van der Waals surface area (Å²) in [7, 11) is 0. The van der Waals surface area contributed by atoms with Crippen molar-refractivity contribution in [2.75, 3.05) is 0 Å². The fraction of sp³-hybridized carbons (Fsp3) is 0.931. The van der Waals surface area contributed by atoms with Gasteiger partial charge in [0.15, 0.2) is 5.41 Å². The minimum absolute atomic E-state index is 0.0209. The monoisotopic (exact) mass is 536 g/mol. The van der Waals surface area contributed by atoms with Gasteiger partial charge in [0, 0.05) is 11.8 Å². The van der Waals surface area contributed by atoms with Crippen LogP contribution in [0.1, 0.15) is 103 Å². The van der Waals surface area contributed by atoms with E-state index >= 15 is 0 Å². The molecule has 0 aliphatic heterocycles. The minimum atomic E-state index is -5.33. The van der Waals surface area contributed by atoms with E-state index in [1.807, 2.05) is 0 Å². The summed E-state index contributed by atoms with van der Waals surface area (Å²) in [6, 6.07) is 0. The summed E-state index contributed by atoms with van der Waals surface area (Å²) in [5.41, 5.74) is -3.62. The third-order valence-electron chi connectivity index (χ3n) is 11.1. The van der Waals surface area contributed by atoms with E-state index in [2.05, 4.69) is 0 Å². The first-order valence-electron chi connectivity index (χ1n) is 14.5. The molecule has 0 radical (unpaired) electrons. The van der Waals surface area contributed by atoms with Gasteiger partial charge in [0.25, 0.3) is 0 Å². The third-order valence-corrected chi connectivity index (χ3v) is 11.1. The Morgan fingerprint density at radius 3 is 0.865 bits per heavy atom. The van der Waals surface area contributed by atoms with Gasteiger partial charge in [-0.2, -0.15) is 26.3 Å². The van der Waals surface area contributed by atoms with E-state index in [0.29, 0.717) is 37.5 Å². The zero-order chi connectivity index (χ0) is 26.8. The lowest BCUT2D eigenvalue weighted by atomic mass is 9.54. The maximum absolute atomic E-state index is 14.7. The van der Waals surface area contributed by atoms with Crippen LogP contribution in [0.2, 0.25) is 0 Å². The summed E-state index contributed by atoms with van der Waals surface area (Å²) in [5, 5.41) is 0. The lowest BCUT2D eigenvalue weighted by Gasteiger charge is -2.52. The van der Waals surface area contributed by atoms with Crippen LogP contribution in [0.3, 0.4) is 0 Å². The number of hydrogen-bond donors (Lipinski definition) is 0. The zero-order valence-electron chi connectivity index (χ0n) is 21.7. The highest BCUT2D eigenvalue weighted by molar-refractivity contribution is 5.53. The van der Waals surface area contributed by atoms with E-state index in [-0.39, 0.29) is 49.4 Å². The summed E-state index contributed by atoms with van der Waals surface area (Å²) in [5.74, 6) is -1.78. The van der Waals surface area contributed by atoms with Crippen LogP contribution >= 0.6 is 0 Å². The Kier molecular flexibility index (Phi) is 9.04. The van der Waals surface area contributed by atoms with E-state index in [9.17, 15) is 35.9 Å². The molecular weight excluding hydrogens is 494 g/mol. The lowest BCUT2D eigenvalue weighted by Crippen LogP contribution is -2.60. The van der Waals surface area contributed by atoms with Gasteiger partial charge in [-0.1, -0.05) is 0 Å². The van der Waals surface area contributed by atoms with Crippen LogP contribution in [-0.2, 0) is 9.59 Å². The summed E-state index contributed by atoms with van der Waals surface area (Å²) < 4.78 is 88.3. The minimum Gasteiger partial charge on any atom is -0.303 e. The van der Waals surface area contributed by atoms with Crippen molar-refractivity contribution in [1.82, 2.24) is 0 Å². The Labute approximate surface area is 216 Å². The molecule has 0 heterocycles. The van der Waals surface area contributed by atoms with Gasteiger partial charge in [-0.15, -0.1) is 0 Å². The van der Waals surface area contributed by atoms with Crippen molar-refractivity contribution in [3.05, 3.63) is 0 Å². The second kappa shape index (κ2) is 11.6. The largest absolute Gasteiger partial charge is 0.403 e. The first-order valence-corrected chi connectivity index (χ1v) is 14.5. The Morgan fingerprint density at radius 1 is 0.405 bits per heavy atom. The van der Waals surface area contributed by atoms with Crippen molar-refractivity contribution >= 4 is 12.6 Å². The van der Waals surface area contributed by atoms with Crippen LogP contribution in [0.15, 0.2) is 0 Å². The van der Waals surface area contributed by atoms with Gasteiger partial charge < -0.3 is 9.59 Å². The SMILES string of the molecule is O=CC1CCC(C2CCC(C(C3CCC(C4CCC(C=O)CC4)CC3)(C(F)(F)F)C(F)(F)F)CC2)CC1. The molecule has 0 amide bonds. The Bertz CT molecular complexity index is 681. The third kappa shape index (κ3) is 5.78. The molecule has 4 rings (SSSR count). The average Bonchev–Trinajstić information content (AvgIpc) is 2.88. The smallest absolute Gasteiger partial charge is 0.303 e. The van der Waals surface area contributed by atoms with Gasteiger partial charge in [-0.05, 0) is 138 Å². The summed E-state index contributed by atoms with van der Waals surface area (Å²) in [6.45, 7) is 0. The molecule has 0 aromatic rings. The van der Waals surface area contributed by atoms with Crippen LogP contribution in [0.25, 0.3) is 0 Å². The van der Waals surface area contributed by atoms with Crippen LogP contribution < -0.4 is 0 Å². The van der Waals surface area contributed by atoms with E-state index in [1.165, 1.54) is 0 Å². The van der Waals surface area contributed by atoms with Gasteiger partial charge in [-0.3, -0.25) is 0 Å². The standard InChI is InChI=1S/C29H42F6O2/c30-28(31,32)27(29(33,34)35,25-13-9-23(10-14-25)21-5-1-19(17-36)2-6-21)26-15-11-24(12-16-26)22-7-3-20(18-37)4-8-22/h17-26H,1-16H2. The van der Waals surface area contributed by atoms with Crippen LogP contribution in [0, 0.1) is 52.8 Å². The molecule has 4 aliphatic rings. The van der Waals surface area contributed by atoms with Crippen LogP contribution in [0.5, 0.6) is 0 Å². The average molecular weight is 537 g/mol. The molecule has 37 heavy (non-hydrogen) atoms. The quantitative estimate of drug-likeness (QED) is 0.251. The number of rotatable bonds is 6. The van der Waals surface area contributed by atoms with Crippen molar-refractivity contribution in [1.29, 1.82) is 0 Å². The highest BCUT2D eigenvalue weighted by Gasteiger charge is 2.76. The number of carbonyl (C=O) groups excluding carboxylic acids is 2. The van der Waals surface area contributed by atoms with Crippen molar-refractivity contribution in [2.24, 2.45) is 52.8 Å². The molecule has 4 fully saturated rings. The van der Waals surface area contributed by atoms with Gasteiger partial charge in [0.05, 0.1) is 0 Å². The highest BCUT2D eigenvalue weighted by atomic mass is 19.4. The van der Waals surface area contributed by atoms with Crippen molar-refractivity contribution in [3.63, 3.8) is 0 Å². The zero-order valence-corrected chi connectivity index (χ0v) is 21.7. The maximum Gasteiger partial charge on any atom is 0.403 e. The predicted molar refractivity (Wildman–Crippen MR) is 128 cm³/mol. The topological polar surface area (TPSA) is 34.1 Å². The van der Waals surface area contributed by atoms with E-state index in [0.717, 1.165) is 63.9 Å². The Morgan fingerprint density at radius 2 is 0.649 bits per heavy atom. The van der Waals surface area contributed by atoms with Gasteiger partial charge >= 0.3 is 12.4 Å². The lowest BCUT2D eigenvalue weighted by molar-refractivity contribution is -0.382. The fourth-order valence-electron chi connectivity index (χ4n) is 9.02. The predicted octanol–water partition coefficient (Wildman–Crippen LogP) is 8.72. The molecule has 8 heteroatoms. The molecule has 4 saturated carbocycles. The number of hydrogen-bond acceptors (Lipinski definition) is 2. The number of alkyl halides is 6. The molecule has 0 aromatic carbocycles. The van der Waals surface area contributed by atoms with Crippen molar-refractivity contribution in [3.8, 4) is 0 Å². The Balaban J connectivity index is 1.45. The molecule has 4 aliphatic carbocycles. The normalized spacial score (nSPS) is 38.6. The molecule has 0 bridgehead atoms. The molecule has 2 nitrogen and oxygen atoms in total. The second-order valence-corrected chi connectivity index (χ2v) is 12.7. The van der Waals surface area contributed by atoms with Gasteiger partial charge in [0.2, 0.25) is 0 Å². The number of carbonyl (C=O) groups is 2. The molecule has 212 valence electrons. The van der Waals surface area contributed by atoms with Gasteiger partial charge in [-0.25, -0.2) is 0 Å². The molecule has 0 spiro atoms. The molecular formula is C29H42F6O2. The highest BCUT2D eigenvalue weighted by Crippen LogP contribution is 2.66. The first kappa shape index (κ1) is 28.9. The maximum atomic E-state index is 14.7. The summed E-state index contributed by atoms with van der Waals surface area (Å²) in [6.07, 6.45) is -0.598. The van der Waals surface area contributed by atoms with Crippen LogP contribution in [0.4, 0.5) is 26.3 Å². The van der Waals surface area contributed by atoms with E-state index < -0.39 is 29.6 Å². The van der Waals surface area contributed by atoms with Crippen molar-refractivity contribution < 1.29 is 35.9 Å². The molecule has 0 atom stereocenters. The van der Waals surface area contributed by atoms with Crippen molar-refractivity contribution in [2.45, 2.75) is 115 Å². The molecule has 0 aromatic heterocycles. The molecule has 0 N–H and O–H groups in total. The number of aldehydes is 2.